The number of hydrogen-bond donors (Lipinski definition) is 2. The summed E-state index contributed by atoms with van der Waals surface area (Å²) < 4.78 is 26.4. The summed E-state index contributed by atoms with van der Waals surface area (Å²) in [5, 5.41) is 10.4. The van der Waals surface area contributed by atoms with Crippen LogP contribution in [0.1, 0.15) is 30.3 Å². The van der Waals surface area contributed by atoms with Gasteiger partial charge in [-0.15, -0.1) is 0 Å². The lowest BCUT2D eigenvalue weighted by Crippen LogP contribution is -2.27. The molecule has 0 aliphatic carbocycles. The molecule has 3 aromatic rings. The van der Waals surface area contributed by atoms with Gasteiger partial charge in [0.1, 0.15) is 0 Å². The van der Waals surface area contributed by atoms with Gasteiger partial charge in [0, 0.05) is 24.7 Å². The number of aromatic nitrogens is 2. The number of fused-ring (bicyclic) bond motifs is 1. The van der Waals surface area contributed by atoms with Crippen LogP contribution in [0.15, 0.2) is 53.4 Å². The van der Waals surface area contributed by atoms with Crippen LogP contribution < -0.4 is 5.32 Å². The fourth-order valence-electron chi connectivity index (χ4n) is 2.72. The van der Waals surface area contributed by atoms with Gasteiger partial charge >= 0.3 is 0 Å². The van der Waals surface area contributed by atoms with Crippen LogP contribution in [-0.2, 0) is 10.0 Å². The Bertz CT molecular complexity index is 1040. The quantitative estimate of drug-likeness (QED) is 0.652. The molecule has 2 N–H and O–H groups in total. The van der Waals surface area contributed by atoms with Gasteiger partial charge < -0.3 is 5.32 Å². The summed E-state index contributed by atoms with van der Waals surface area (Å²) in [5.74, 6) is -0.358. The van der Waals surface area contributed by atoms with E-state index in [2.05, 4.69) is 15.5 Å². The zero-order valence-electron chi connectivity index (χ0n) is 15.3. The van der Waals surface area contributed by atoms with Crippen LogP contribution in [0.3, 0.4) is 0 Å². The first-order valence-electron chi connectivity index (χ1n) is 8.74. The number of amides is 1. The van der Waals surface area contributed by atoms with Crippen molar-refractivity contribution in [1.82, 2.24) is 14.5 Å². The number of carbonyl (C=O) groups is 1. The van der Waals surface area contributed by atoms with E-state index in [4.69, 9.17) is 0 Å². The van der Waals surface area contributed by atoms with E-state index in [1.165, 1.54) is 16.4 Å². The van der Waals surface area contributed by atoms with Crippen LogP contribution in [0.2, 0.25) is 0 Å². The van der Waals surface area contributed by atoms with Gasteiger partial charge in [0.2, 0.25) is 10.0 Å². The van der Waals surface area contributed by atoms with Crippen molar-refractivity contribution in [2.24, 2.45) is 0 Å². The van der Waals surface area contributed by atoms with Crippen molar-refractivity contribution in [3.63, 3.8) is 0 Å². The van der Waals surface area contributed by atoms with Crippen molar-refractivity contribution in [1.29, 1.82) is 0 Å². The molecule has 0 atom stereocenters. The zero-order valence-corrected chi connectivity index (χ0v) is 16.1. The van der Waals surface area contributed by atoms with E-state index in [0.29, 0.717) is 17.9 Å². The third-order valence-corrected chi connectivity index (χ3v) is 6.20. The molecule has 0 spiro atoms. The van der Waals surface area contributed by atoms with Gasteiger partial charge in [-0.05, 0) is 36.8 Å². The van der Waals surface area contributed by atoms with Crippen LogP contribution >= 0.6 is 0 Å². The highest BCUT2D eigenvalue weighted by atomic mass is 32.2. The highest BCUT2D eigenvalue weighted by molar-refractivity contribution is 7.89. The predicted octanol–water partition coefficient (Wildman–Crippen LogP) is 3.24. The van der Waals surface area contributed by atoms with E-state index >= 15 is 0 Å². The molecule has 1 aromatic heterocycles. The molecule has 1 amide bonds. The fourth-order valence-corrected chi connectivity index (χ4v) is 3.93. The van der Waals surface area contributed by atoms with E-state index in [-0.39, 0.29) is 10.8 Å². The number of rotatable bonds is 7. The maximum absolute atomic E-state index is 12.5. The fraction of sp³-hybridized carbons (Fsp3) is 0.263. The number of unbranched alkanes of at least 4 members (excludes halogenated alkanes) is 1. The molecule has 0 fully saturated rings. The molecule has 0 bridgehead atoms. The van der Waals surface area contributed by atoms with Crippen molar-refractivity contribution < 1.29 is 13.2 Å². The monoisotopic (exact) mass is 386 g/mol. The molecule has 142 valence electrons. The second kappa shape index (κ2) is 7.89. The zero-order chi connectivity index (χ0) is 19.4. The van der Waals surface area contributed by atoms with Crippen LogP contribution in [0.4, 0.5) is 5.69 Å². The van der Waals surface area contributed by atoms with E-state index in [1.54, 1.807) is 19.2 Å². The standard InChI is InChI=1S/C19H22N4O3S/c1-3-4-13-23(2)27(25,26)15-11-9-14(10-12-15)20-19(24)18-16-7-5-6-8-17(16)21-22-18/h5-12H,3-4,13H2,1-2H3,(H,20,24)(H,21,22). The molecule has 1 heterocycles. The summed E-state index contributed by atoms with van der Waals surface area (Å²) in [6.07, 6.45) is 1.73. The summed E-state index contributed by atoms with van der Waals surface area (Å²) in [5.41, 5.74) is 1.57. The molecular formula is C19H22N4O3S. The maximum atomic E-state index is 12.5. The number of sulfonamides is 1. The lowest BCUT2D eigenvalue weighted by atomic mass is 10.2. The first-order valence-corrected chi connectivity index (χ1v) is 10.2. The Labute approximate surface area is 158 Å². The molecule has 7 nitrogen and oxygen atoms in total. The molecule has 8 heteroatoms. The maximum Gasteiger partial charge on any atom is 0.276 e. The summed E-state index contributed by atoms with van der Waals surface area (Å²) in [6.45, 7) is 2.49. The minimum absolute atomic E-state index is 0.198. The van der Waals surface area contributed by atoms with Crippen LogP contribution in [0.25, 0.3) is 10.9 Å². The van der Waals surface area contributed by atoms with Crippen LogP contribution in [-0.4, -0.2) is 42.4 Å². The molecule has 27 heavy (non-hydrogen) atoms. The summed E-state index contributed by atoms with van der Waals surface area (Å²) in [6, 6.07) is 13.5. The lowest BCUT2D eigenvalue weighted by Gasteiger charge is -2.17. The topological polar surface area (TPSA) is 95.2 Å². The number of aromatic amines is 1. The van der Waals surface area contributed by atoms with E-state index in [9.17, 15) is 13.2 Å². The predicted molar refractivity (Wildman–Crippen MR) is 105 cm³/mol. The molecule has 0 aliphatic heterocycles. The number of nitrogens with zero attached hydrogens (tertiary/aromatic N) is 2. The smallest absolute Gasteiger partial charge is 0.276 e. The second-order valence-electron chi connectivity index (χ2n) is 6.28. The number of anilines is 1. The van der Waals surface area contributed by atoms with Gasteiger partial charge in [-0.1, -0.05) is 31.5 Å². The molecule has 0 aliphatic rings. The number of nitrogens with one attached hydrogen (secondary N) is 2. The van der Waals surface area contributed by atoms with Gasteiger partial charge in [0.15, 0.2) is 5.69 Å². The van der Waals surface area contributed by atoms with Crippen LogP contribution in [0, 0.1) is 0 Å². The Morgan fingerprint density at radius 3 is 2.56 bits per heavy atom. The van der Waals surface area contributed by atoms with Gasteiger partial charge in [-0.3, -0.25) is 9.89 Å². The molecule has 3 rings (SSSR count). The summed E-state index contributed by atoms with van der Waals surface area (Å²) in [7, 11) is -1.95. The summed E-state index contributed by atoms with van der Waals surface area (Å²) in [4.78, 5) is 12.7. The normalized spacial score (nSPS) is 11.8. The number of H-pyrrole nitrogens is 1. The van der Waals surface area contributed by atoms with E-state index in [0.717, 1.165) is 23.7 Å². The largest absolute Gasteiger partial charge is 0.321 e. The first-order chi connectivity index (χ1) is 12.9. The Morgan fingerprint density at radius 2 is 1.85 bits per heavy atom. The number of benzene rings is 2. The molecule has 0 saturated carbocycles. The minimum Gasteiger partial charge on any atom is -0.321 e. The van der Waals surface area contributed by atoms with Gasteiger partial charge in [-0.25, -0.2) is 12.7 Å². The Balaban J connectivity index is 1.75. The Morgan fingerprint density at radius 1 is 1.15 bits per heavy atom. The highest BCUT2D eigenvalue weighted by Crippen LogP contribution is 2.20. The van der Waals surface area contributed by atoms with Crippen molar-refractivity contribution in [2.75, 3.05) is 18.9 Å². The van der Waals surface area contributed by atoms with Crippen LogP contribution in [0.5, 0.6) is 0 Å². The first kappa shape index (κ1) is 19.1. The van der Waals surface area contributed by atoms with Crippen molar-refractivity contribution in [2.45, 2.75) is 24.7 Å². The molecule has 0 unspecified atom stereocenters. The van der Waals surface area contributed by atoms with Gasteiger partial charge in [0.25, 0.3) is 5.91 Å². The molecule has 2 aromatic carbocycles. The Hall–Kier alpha value is -2.71. The van der Waals surface area contributed by atoms with E-state index in [1.807, 2.05) is 31.2 Å². The average Bonchev–Trinajstić information content (AvgIpc) is 3.10. The van der Waals surface area contributed by atoms with Gasteiger partial charge in [-0.2, -0.15) is 5.10 Å². The Kier molecular flexibility index (Phi) is 5.57. The molecular weight excluding hydrogens is 364 g/mol. The lowest BCUT2D eigenvalue weighted by molar-refractivity contribution is 0.102. The summed E-state index contributed by atoms with van der Waals surface area (Å²) >= 11 is 0. The highest BCUT2D eigenvalue weighted by Gasteiger charge is 2.20. The number of hydrogen-bond acceptors (Lipinski definition) is 4. The number of carbonyl (C=O) groups excluding carboxylic acids is 1. The van der Waals surface area contributed by atoms with E-state index < -0.39 is 10.0 Å². The molecule has 0 saturated heterocycles. The minimum atomic E-state index is -3.53. The van der Waals surface area contributed by atoms with Crippen molar-refractivity contribution in [3.8, 4) is 0 Å². The third-order valence-electron chi connectivity index (χ3n) is 4.33. The number of para-hydroxylation sites is 1. The SMILES string of the molecule is CCCCN(C)S(=O)(=O)c1ccc(NC(=O)c2n[nH]c3ccccc23)cc1. The molecule has 0 radical (unpaired) electrons. The second-order valence-corrected chi connectivity index (χ2v) is 8.32. The van der Waals surface area contributed by atoms with Crippen molar-refractivity contribution in [3.05, 3.63) is 54.2 Å². The average molecular weight is 386 g/mol. The van der Waals surface area contributed by atoms with Gasteiger partial charge in [0.05, 0.1) is 10.4 Å². The third kappa shape index (κ3) is 4.01. The van der Waals surface area contributed by atoms with Crippen molar-refractivity contribution >= 4 is 32.5 Å².